The topological polar surface area (TPSA) is 59.8 Å². The number of nitrogens with one attached hydrogen (secondary N) is 1. The second-order valence-electron chi connectivity index (χ2n) is 7.07. The molecule has 0 unspecified atom stereocenters. The minimum absolute atomic E-state index is 0.252. The number of nitrogens with zero attached hydrogens (tertiary/aromatic N) is 3. The molecule has 0 saturated carbocycles. The first-order chi connectivity index (χ1) is 15.0. The summed E-state index contributed by atoms with van der Waals surface area (Å²) in [6, 6.07) is 15.6. The van der Waals surface area contributed by atoms with Crippen molar-refractivity contribution in [3.63, 3.8) is 0 Å². The Hall–Kier alpha value is -3.87. The average molecular weight is 418 g/mol. The lowest BCUT2D eigenvalue weighted by atomic mass is 10.0. The number of rotatable bonds is 6. The molecule has 0 fully saturated rings. The van der Waals surface area contributed by atoms with Crippen molar-refractivity contribution < 1.29 is 8.78 Å². The summed E-state index contributed by atoms with van der Waals surface area (Å²) in [5.74, 6) is -0.248. The number of pyridine rings is 1. The van der Waals surface area contributed by atoms with Gasteiger partial charge >= 0.3 is 0 Å². The molecule has 4 rings (SSSR count). The predicted octanol–water partition coefficient (Wildman–Crippen LogP) is 4.44. The van der Waals surface area contributed by atoms with E-state index < -0.39 is 0 Å². The van der Waals surface area contributed by atoms with Gasteiger partial charge in [-0.1, -0.05) is 24.3 Å². The van der Waals surface area contributed by atoms with E-state index in [1.165, 1.54) is 28.8 Å². The van der Waals surface area contributed by atoms with Gasteiger partial charge in [-0.05, 0) is 53.9 Å². The summed E-state index contributed by atoms with van der Waals surface area (Å²) >= 11 is 0. The molecule has 5 nitrogen and oxygen atoms in total. The molecular weight excluding hydrogens is 398 g/mol. The molecule has 0 amide bonds. The lowest BCUT2D eigenvalue weighted by Gasteiger charge is -2.16. The zero-order valence-electron chi connectivity index (χ0n) is 16.8. The summed E-state index contributed by atoms with van der Waals surface area (Å²) in [4.78, 5) is 22.0. The van der Waals surface area contributed by atoms with Gasteiger partial charge in [0, 0.05) is 31.5 Å². The first kappa shape index (κ1) is 20.4. The largest absolute Gasteiger partial charge is 0.355 e. The molecule has 0 bridgehead atoms. The van der Waals surface area contributed by atoms with Gasteiger partial charge in [0.25, 0.3) is 5.56 Å². The maximum absolute atomic E-state index is 13.4. The number of benzene rings is 2. The van der Waals surface area contributed by atoms with Crippen LogP contribution in [-0.4, -0.2) is 21.1 Å². The second kappa shape index (κ2) is 8.87. The average Bonchev–Trinajstić information content (AvgIpc) is 2.79. The highest BCUT2D eigenvalue weighted by Crippen LogP contribution is 2.28. The van der Waals surface area contributed by atoms with Crippen LogP contribution in [0, 0.1) is 11.6 Å². The van der Waals surface area contributed by atoms with Crippen LogP contribution in [0.3, 0.4) is 0 Å². The van der Waals surface area contributed by atoms with Crippen LogP contribution in [0.5, 0.6) is 0 Å². The Morgan fingerprint density at radius 3 is 2.13 bits per heavy atom. The maximum Gasteiger partial charge on any atom is 0.263 e. The van der Waals surface area contributed by atoms with Crippen molar-refractivity contribution in [2.24, 2.45) is 7.05 Å². The molecule has 0 saturated heterocycles. The van der Waals surface area contributed by atoms with E-state index in [-0.39, 0.29) is 17.2 Å². The smallest absolute Gasteiger partial charge is 0.263 e. The lowest BCUT2D eigenvalue weighted by molar-refractivity contribution is 0.627. The lowest BCUT2D eigenvalue weighted by Crippen LogP contribution is -2.25. The Morgan fingerprint density at radius 2 is 1.48 bits per heavy atom. The van der Waals surface area contributed by atoms with Gasteiger partial charge in [-0.2, -0.15) is 0 Å². The molecule has 2 aromatic carbocycles. The molecule has 31 heavy (non-hydrogen) atoms. The Kier molecular flexibility index (Phi) is 5.84. The summed E-state index contributed by atoms with van der Waals surface area (Å²) in [6.07, 6.45) is 3.90. The first-order valence-electron chi connectivity index (χ1n) is 9.78. The number of aromatic nitrogens is 3. The zero-order chi connectivity index (χ0) is 21.8. The van der Waals surface area contributed by atoms with E-state index in [1.54, 1.807) is 55.8 Å². The SMILES string of the molecule is Cn1c(NCCc2ccc(F)cc2)nc(-c2ccncc2)c(-c2ccc(F)cc2)c1=O. The molecule has 0 spiro atoms. The number of anilines is 1. The van der Waals surface area contributed by atoms with Gasteiger partial charge in [0.1, 0.15) is 11.6 Å². The normalized spacial score (nSPS) is 10.8. The van der Waals surface area contributed by atoms with E-state index >= 15 is 0 Å². The summed E-state index contributed by atoms with van der Waals surface area (Å²) < 4.78 is 28.0. The van der Waals surface area contributed by atoms with E-state index in [2.05, 4.69) is 10.3 Å². The molecule has 0 radical (unpaired) electrons. The molecule has 0 aliphatic rings. The fourth-order valence-corrected chi connectivity index (χ4v) is 3.33. The van der Waals surface area contributed by atoms with E-state index in [0.717, 1.165) is 11.1 Å². The molecular formula is C24H20F2N4O. The van der Waals surface area contributed by atoms with Crippen molar-refractivity contribution in [3.05, 3.63) is 101 Å². The minimum atomic E-state index is -0.377. The molecule has 7 heteroatoms. The summed E-state index contributed by atoms with van der Waals surface area (Å²) in [7, 11) is 1.64. The quantitative estimate of drug-likeness (QED) is 0.503. The number of halogens is 2. The van der Waals surface area contributed by atoms with Gasteiger partial charge in [-0.15, -0.1) is 0 Å². The van der Waals surface area contributed by atoms with Crippen LogP contribution in [-0.2, 0) is 13.5 Å². The third-order valence-electron chi connectivity index (χ3n) is 4.99. The minimum Gasteiger partial charge on any atom is -0.355 e. The molecule has 0 atom stereocenters. The van der Waals surface area contributed by atoms with Gasteiger partial charge in [-0.25, -0.2) is 13.8 Å². The Labute approximate surface area is 178 Å². The van der Waals surface area contributed by atoms with Crippen LogP contribution in [0.25, 0.3) is 22.4 Å². The number of hydrogen-bond donors (Lipinski definition) is 1. The molecule has 156 valence electrons. The van der Waals surface area contributed by atoms with Crippen molar-refractivity contribution in [2.45, 2.75) is 6.42 Å². The number of hydrogen-bond acceptors (Lipinski definition) is 4. The van der Waals surface area contributed by atoms with Crippen LogP contribution in [0.4, 0.5) is 14.7 Å². The van der Waals surface area contributed by atoms with Crippen molar-refractivity contribution in [3.8, 4) is 22.4 Å². The maximum atomic E-state index is 13.4. The predicted molar refractivity (Wildman–Crippen MR) is 117 cm³/mol. The van der Waals surface area contributed by atoms with Crippen LogP contribution in [0.2, 0.25) is 0 Å². The highest BCUT2D eigenvalue weighted by Gasteiger charge is 2.18. The highest BCUT2D eigenvalue weighted by atomic mass is 19.1. The third kappa shape index (κ3) is 4.50. The van der Waals surface area contributed by atoms with Gasteiger partial charge in [0.05, 0.1) is 11.3 Å². The van der Waals surface area contributed by atoms with Crippen molar-refractivity contribution in [1.82, 2.24) is 14.5 Å². The molecule has 1 N–H and O–H groups in total. The van der Waals surface area contributed by atoms with Crippen LogP contribution in [0.15, 0.2) is 77.9 Å². The van der Waals surface area contributed by atoms with Crippen LogP contribution >= 0.6 is 0 Å². The van der Waals surface area contributed by atoms with Crippen LogP contribution < -0.4 is 10.9 Å². The Balaban J connectivity index is 1.72. The van der Waals surface area contributed by atoms with Crippen molar-refractivity contribution in [1.29, 1.82) is 0 Å². The van der Waals surface area contributed by atoms with Crippen molar-refractivity contribution >= 4 is 5.95 Å². The third-order valence-corrected chi connectivity index (χ3v) is 4.99. The standard InChI is InChI=1S/C24H20F2N4O/c1-30-23(31)21(17-4-8-20(26)9-5-17)22(18-11-13-27-14-12-18)29-24(30)28-15-10-16-2-6-19(25)7-3-16/h2-9,11-14H,10,15H2,1H3,(H,28,29). The molecule has 2 aromatic heterocycles. The van der Waals surface area contributed by atoms with Gasteiger partial charge < -0.3 is 5.32 Å². The monoisotopic (exact) mass is 418 g/mol. The molecule has 4 aromatic rings. The Morgan fingerprint density at radius 1 is 0.871 bits per heavy atom. The van der Waals surface area contributed by atoms with E-state index in [9.17, 15) is 13.6 Å². The second-order valence-corrected chi connectivity index (χ2v) is 7.07. The fraction of sp³-hybridized carbons (Fsp3) is 0.125. The summed E-state index contributed by atoms with van der Waals surface area (Å²) in [5, 5.41) is 3.20. The Bertz CT molecular complexity index is 1240. The first-order valence-corrected chi connectivity index (χ1v) is 9.78. The van der Waals surface area contributed by atoms with E-state index in [4.69, 9.17) is 4.98 Å². The molecule has 0 aliphatic heterocycles. The molecule has 2 heterocycles. The summed E-state index contributed by atoms with van der Waals surface area (Å²) in [5.41, 5.74) is 2.90. The van der Waals surface area contributed by atoms with Gasteiger partial charge in [-0.3, -0.25) is 14.3 Å². The zero-order valence-corrected chi connectivity index (χ0v) is 16.8. The highest BCUT2D eigenvalue weighted by molar-refractivity contribution is 5.80. The van der Waals surface area contributed by atoms with E-state index in [0.29, 0.717) is 35.7 Å². The van der Waals surface area contributed by atoms with Gasteiger partial charge in [0.15, 0.2) is 0 Å². The van der Waals surface area contributed by atoms with Crippen LogP contribution in [0.1, 0.15) is 5.56 Å². The summed E-state index contributed by atoms with van der Waals surface area (Å²) in [6.45, 7) is 0.512. The fourth-order valence-electron chi connectivity index (χ4n) is 3.33. The van der Waals surface area contributed by atoms with E-state index in [1.807, 2.05) is 0 Å². The van der Waals surface area contributed by atoms with Gasteiger partial charge in [0.2, 0.25) is 5.95 Å². The van der Waals surface area contributed by atoms with Crippen molar-refractivity contribution in [2.75, 3.05) is 11.9 Å². The molecule has 0 aliphatic carbocycles.